The van der Waals surface area contributed by atoms with Gasteiger partial charge in [0.1, 0.15) is 0 Å². The van der Waals surface area contributed by atoms with E-state index in [1.54, 1.807) is 18.2 Å². The fourth-order valence-corrected chi connectivity index (χ4v) is 3.85. The van der Waals surface area contributed by atoms with Gasteiger partial charge in [-0.25, -0.2) is 0 Å². The van der Waals surface area contributed by atoms with Crippen molar-refractivity contribution in [3.05, 3.63) is 40.7 Å². The van der Waals surface area contributed by atoms with Crippen molar-refractivity contribution in [3.8, 4) is 23.0 Å². The third-order valence-corrected chi connectivity index (χ3v) is 5.23. The maximum Gasteiger partial charge on any atom is 0.283 e. The van der Waals surface area contributed by atoms with E-state index in [4.69, 9.17) is 18.9 Å². The average Bonchev–Trinajstić information content (AvgIpc) is 3.23. The Labute approximate surface area is 153 Å². The van der Waals surface area contributed by atoms with E-state index in [0.717, 1.165) is 10.2 Å². The normalized spacial score (nSPS) is 13.3. The molecule has 134 valence electrons. The molecule has 0 fully saturated rings. The summed E-state index contributed by atoms with van der Waals surface area (Å²) in [6.07, 6.45) is 0. The van der Waals surface area contributed by atoms with Crippen LogP contribution in [0, 0.1) is 0 Å². The van der Waals surface area contributed by atoms with Crippen molar-refractivity contribution in [1.29, 1.82) is 0 Å². The number of methoxy groups -OCH3 is 2. The van der Waals surface area contributed by atoms with Crippen molar-refractivity contribution in [1.82, 2.24) is 4.57 Å². The number of para-hydroxylation sites is 1. The minimum Gasteiger partial charge on any atom is -0.493 e. The molecule has 0 saturated carbocycles. The molecule has 0 spiro atoms. The summed E-state index contributed by atoms with van der Waals surface area (Å²) in [4.78, 5) is 17.6. The first-order valence-corrected chi connectivity index (χ1v) is 8.63. The Morgan fingerprint density at radius 2 is 1.96 bits per heavy atom. The second-order valence-corrected chi connectivity index (χ2v) is 6.58. The minimum atomic E-state index is -0.400. The van der Waals surface area contributed by atoms with Crippen LogP contribution in [0.2, 0.25) is 0 Å². The number of ether oxygens (including phenoxy) is 4. The van der Waals surface area contributed by atoms with E-state index in [2.05, 4.69) is 4.99 Å². The van der Waals surface area contributed by atoms with Crippen molar-refractivity contribution in [2.24, 2.45) is 12.0 Å². The van der Waals surface area contributed by atoms with Gasteiger partial charge in [0.05, 0.1) is 30.0 Å². The Bertz CT molecular complexity index is 1080. The van der Waals surface area contributed by atoms with Crippen LogP contribution in [0.4, 0.5) is 0 Å². The van der Waals surface area contributed by atoms with Crippen LogP contribution in [-0.4, -0.2) is 31.5 Å². The molecule has 2 aromatic carbocycles. The second-order valence-electron chi connectivity index (χ2n) is 5.57. The number of rotatable bonds is 3. The Kier molecular flexibility index (Phi) is 4.04. The first kappa shape index (κ1) is 16.5. The number of nitrogens with zero attached hydrogens (tertiary/aromatic N) is 2. The molecule has 3 aromatic rings. The average molecular weight is 372 g/mol. The largest absolute Gasteiger partial charge is 0.493 e. The SMILES string of the molecule is COc1cccc(C(=O)N=c2sc3cc4c(cc3n2C)OCO4)c1OC. The van der Waals surface area contributed by atoms with Gasteiger partial charge in [-0.3, -0.25) is 4.79 Å². The molecule has 4 rings (SSSR count). The van der Waals surface area contributed by atoms with E-state index in [-0.39, 0.29) is 6.79 Å². The molecule has 0 radical (unpaired) electrons. The smallest absolute Gasteiger partial charge is 0.283 e. The number of hydrogen-bond donors (Lipinski definition) is 0. The van der Waals surface area contributed by atoms with Gasteiger partial charge in [0.15, 0.2) is 27.8 Å². The van der Waals surface area contributed by atoms with E-state index in [9.17, 15) is 4.79 Å². The highest BCUT2D eigenvalue weighted by Gasteiger charge is 2.18. The molecule has 1 aliphatic rings. The molecule has 0 N–H and O–H groups in total. The summed E-state index contributed by atoms with van der Waals surface area (Å²) in [5.41, 5.74) is 1.27. The van der Waals surface area contributed by atoms with Crippen molar-refractivity contribution in [2.45, 2.75) is 0 Å². The highest BCUT2D eigenvalue weighted by molar-refractivity contribution is 7.16. The van der Waals surface area contributed by atoms with Crippen LogP contribution in [0.25, 0.3) is 10.2 Å². The van der Waals surface area contributed by atoms with E-state index in [1.807, 2.05) is 23.7 Å². The first-order chi connectivity index (χ1) is 12.6. The lowest BCUT2D eigenvalue weighted by Crippen LogP contribution is -2.13. The summed E-state index contributed by atoms with van der Waals surface area (Å²) in [5, 5.41) is 0. The molecule has 1 aromatic heterocycles. The summed E-state index contributed by atoms with van der Waals surface area (Å²) in [7, 11) is 4.88. The zero-order valence-corrected chi connectivity index (χ0v) is 15.3. The number of fused-ring (bicyclic) bond motifs is 2. The van der Waals surface area contributed by atoms with E-state index < -0.39 is 5.91 Å². The molecule has 1 aliphatic heterocycles. The predicted octanol–water partition coefficient (Wildman–Crippen LogP) is 2.73. The number of carbonyl (C=O) groups is 1. The van der Waals surface area contributed by atoms with Crippen LogP contribution >= 0.6 is 11.3 Å². The monoisotopic (exact) mass is 372 g/mol. The number of benzene rings is 2. The van der Waals surface area contributed by atoms with Crippen LogP contribution in [-0.2, 0) is 7.05 Å². The Balaban J connectivity index is 1.82. The van der Waals surface area contributed by atoms with Crippen molar-refractivity contribution < 1.29 is 23.7 Å². The van der Waals surface area contributed by atoms with Crippen LogP contribution in [0.3, 0.4) is 0 Å². The van der Waals surface area contributed by atoms with Gasteiger partial charge in [-0.05, 0) is 12.1 Å². The number of aryl methyl sites for hydroxylation is 1. The summed E-state index contributed by atoms with van der Waals surface area (Å²) in [6.45, 7) is 0.224. The zero-order valence-electron chi connectivity index (χ0n) is 14.4. The zero-order chi connectivity index (χ0) is 18.3. The Hall–Kier alpha value is -3.00. The van der Waals surface area contributed by atoms with Gasteiger partial charge in [0, 0.05) is 19.2 Å². The summed E-state index contributed by atoms with van der Waals surface area (Å²) >= 11 is 1.40. The predicted molar refractivity (Wildman–Crippen MR) is 96.4 cm³/mol. The summed E-state index contributed by atoms with van der Waals surface area (Å²) in [5.74, 6) is 1.85. The number of hydrogen-bond acceptors (Lipinski definition) is 6. The number of thiazole rings is 1. The van der Waals surface area contributed by atoms with Gasteiger partial charge in [-0.1, -0.05) is 17.4 Å². The highest BCUT2D eigenvalue weighted by atomic mass is 32.1. The number of carbonyl (C=O) groups excluding carboxylic acids is 1. The summed E-state index contributed by atoms with van der Waals surface area (Å²) in [6, 6.07) is 8.92. The van der Waals surface area contributed by atoms with Gasteiger partial charge in [0.25, 0.3) is 5.91 Å². The Morgan fingerprint density at radius 1 is 1.19 bits per heavy atom. The van der Waals surface area contributed by atoms with Gasteiger partial charge >= 0.3 is 0 Å². The molecule has 0 saturated heterocycles. The maximum absolute atomic E-state index is 12.7. The Morgan fingerprint density at radius 3 is 2.69 bits per heavy atom. The van der Waals surface area contributed by atoms with Gasteiger partial charge in [-0.15, -0.1) is 0 Å². The molecule has 26 heavy (non-hydrogen) atoms. The highest BCUT2D eigenvalue weighted by Crippen LogP contribution is 2.37. The standard InChI is InChI=1S/C18H16N2O5S/c1-20-11-7-13-14(25-9-24-13)8-15(11)26-18(20)19-17(21)10-5-4-6-12(22-2)16(10)23-3/h4-8H,9H2,1-3H3. The molecular formula is C18H16N2O5S. The lowest BCUT2D eigenvalue weighted by Gasteiger charge is -2.09. The van der Waals surface area contributed by atoms with Crippen molar-refractivity contribution in [2.75, 3.05) is 21.0 Å². The molecule has 0 bridgehead atoms. The molecule has 2 heterocycles. The molecule has 0 atom stereocenters. The molecule has 0 aliphatic carbocycles. The van der Waals surface area contributed by atoms with Crippen molar-refractivity contribution >= 4 is 27.5 Å². The fourth-order valence-electron chi connectivity index (χ4n) is 2.83. The van der Waals surface area contributed by atoms with Crippen molar-refractivity contribution in [3.63, 3.8) is 0 Å². The molecular weight excluding hydrogens is 356 g/mol. The van der Waals surface area contributed by atoms with Gasteiger partial charge in [-0.2, -0.15) is 4.99 Å². The van der Waals surface area contributed by atoms with E-state index in [0.29, 0.717) is 33.4 Å². The molecule has 1 amide bonds. The van der Waals surface area contributed by atoms with Gasteiger partial charge < -0.3 is 23.5 Å². The van der Waals surface area contributed by atoms with E-state index in [1.165, 1.54) is 25.6 Å². The van der Waals surface area contributed by atoms with Crippen LogP contribution in [0.1, 0.15) is 10.4 Å². The quantitative estimate of drug-likeness (QED) is 0.707. The molecule has 0 unspecified atom stereocenters. The summed E-state index contributed by atoms with van der Waals surface area (Å²) < 4.78 is 24.2. The molecule has 8 heteroatoms. The molecule has 7 nitrogen and oxygen atoms in total. The topological polar surface area (TPSA) is 71.3 Å². The van der Waals surface area contributed by atoms with Crippen LogP contribution in [0.15, 0.2) is 35.3 Å². The lowest BCUT2D eigenvalue weighted by molar-refractivity contribution is 0.0994. The number of aromatic nitrogens is 1. The third-order valence-electron chi connectivity index (χ3n) is 4.13. The second kappa shape index (κ2) is 6.38. The van der Waals surface area contributed by atoms with Gasteiger partial charge in [0.2, 0.25) is 6.79 Å². The number of amides is 1. The van der Waals surface area contributed by atoms with E-state index >= 15 is 0 Å². The fraction of sp³-hybridized carbons (Fsp3) is 0.222. The lowest BCUT2D eigenvalue weighted by atomic mass is 10.2. The van der Waals surface area contributed by atoms with Crippen LogP contribution < -0.4 is 23.7 Å². The minimum absolute atomic E-state index is 0.224. The first-order valence-electron chi connectivity index (χ1n) is 7.81. The third kappa shape index (κ3) is 2.59. The van der Waals surface area contributed by atoms with Crippen LogP contribution in [0.5, 0.6) is 23.0 Å². The maximum atomic E-state index is 12.7.